The number of carbonyl (C=O) groups is 1. The van der Waals surface area contributed by atoms with Crippen LogP contribution in [0.5, 0.6) is 0 Å². The van der Waals surface area contributed by atoms with Gasteiger partial charge in [-0.15, -0.1) is 0 Å². The fourth-order valence-corrected chi connectivity index (χ4v) is 2.88. The Morgan fingerprint density at radius 2 is 2.21 bits per heavy atom. The van der Waals surface area contributed by atoms with Gasteiger partial charge in [0.15, 0.2) is 0 Å². The van der Waals surface area contributed by atoms with Crippen LogP contribution in [0.15, 0.2) is 22.7 Å². The fraction of sp³-hybridized carbons (Fsp3) is 0.500. The van der Waals surface area contributed by atoms with Crippen LogP contribution in [-0.2, 0) is 0 Å². The van der Waals surface area contributed by atoms with Crippen molar-refractivity contribution in [2.24, 2.45) is 0 Å². The number of hydrogen-bond donors (Lipinski definition) is 1. The third kappa shape index (κ3) is 3.09. The molecule has 1 unspecified atom stereocenters. The molecule has 1 amide bonds. The SMILES string of the molecule is CN(C)C1CCCN(C(=O)c2cccc(N)c2Br)C1. The number of piperidine rings is 1. The maximum absolute atomic E-state index is 12.6. The van der Waals surface area contributed by atoms with E-state index in [9.17, 15) is 4.79 Å². The molecule has 2 N–H and O–H groups in total. The van der Waals surface area contributed by atoms with Crippen LogP contribution in [-0.4, -0.2) is 48.9 Å². The van der Waals surface area contributed by atoms with Gasteiger partial charge in [-0.3, -0.25) is 4.79 Å². The third-order valence-corrected chi connectivity index (χ3v) is 4.56. The molecule has 0 radical (unpaired) electrons. The zero-order chi connectivity index (χ0) is 14.0. The molecule has 1 aliphatic rings. The molecular weight excluding hydrogens is 306 g/mol. The number of amides is 1. The van der Waals surface area contributed by atoms with Crippen molar-refractivity contribution < 1.29 is 4.79 Å². The molecule has 0 bridgehead atoms. The molecule has 1 atom stereocenters. The molecule has 2 rings (SSSR count). The van der Waals surface area contributed by atoms with E-state index in [1.54, 1.807) is 6.07 Å². The summed E-state index contributed by atoms with van der Waals surface area (Å²) in [5.41, 5.74) is 7.09. The van der Waals surface area contributed by atoms with Gasteiger partial charge in [0, 0.05) is 24.8 Å². The molecular formula is C14H20BrN3O. The van der Waals surface area contributed by atoms with Crippen LogP contribution >= 0.6 is 15.9 Å². The predicted octanol–water partition coefficient (Wildman–Crippen LogP) is 2.20. The molecule has 1 saturated heterocycles. The van der Waals surface area contributed by atoms with E-state index in [0.29, 0.717) is 21.8 Å². The van der Waals surface area contributed by atoms with Crippen LogP contribution in [0.1, 0.15) is 23.2 Å². The second kappa shape index (κ2) is 5.92. The van der Waals surface area contributed by atoms with E-state index in [2.05, 4.69) is 34.9 Å². The summed E-state index contributed by atoms with van der Waals surface area (Å²) in [4.78, 5) is 16.7. The highest BCUT2D eigenvalue weighted by molar-refractivity contribution is 9.10. The number of halogens is 1. The monoisotopic (exact) mass is 325 g/mol. The van der Waals surface area contributed by atoms with Gasteiger partial charge < -0.3 is 15.5 Å². The average Bonchev–Trinajstić information content (AvgIpc) is 2.41. The van der Waals surface area contributed by atoms with E-state index >= 15 is 0 Å². The molecule has 0 saturated carbocycles. The van der Waals surface area contributed by atoms with Crippen molar-refractivity contribution in [1.29, 1.82) is 0 Å². The van der Waals surface area contributed by atoms with E-state index in [4.69, 9.17) is 5.73 Å². The van der Waals surface area contributed by atoms with Crippen molar-refractivity contribution in [3.63, 3.8) is 0 Å². The Hall–Kier alpha value is -1.07. The number of likely N-dealkylation sites (N-methyl/N-ethyl adjacent to an activating group) is 1. The van der Waals surface area contributed by atoms with Crippen molar-refractivity contribution >= 4 is 27.5 Å². The summed E-state index contributed by atoms with van der Waals surface area (Å²) in [6.45, 7) is 1.61. The van der Waals surface area contributed by atoms with Crippen LogP contribution in [0.25, 0.3) is 0 Å². The lowest BCUT2D eigenvalue weighted by molar-refractivity contribution is 0.0634. The van der Waals surface area contributed by atoms with Crippen molar-refractivity contribution in [3.05, 3.63) is 28.2 Å². The summed E-state index contributed by atoms with van der Waals surface area (Å²) in [5.74, 6) is 0.0609. The molecule has 19 heavy (non-hydrogen) atoms. The Morgan fingerprint density at radius 1 is 1.47 bits per heavy atom. The molecule has 4 nitrogen and oxygen atoms in total. The van der Waals surface area contributed by atoms with Gasteiger partial charge in [0.1, 0.15) is 0 Å². The van der Waals surface area contributed by atoms with Gasteiger partial charge in [-0.1, -0.05) is 6.07 Å². The first-order valence-corrected chi connectivity index (χ1v) is 7.29. The van der Waals surface area contributed by atoms with Gasteiger partial charge in [-0.2, -0.15) is 0 Å². The highest BCUT2D eigenvalue weighted by atomic mass is 79.9. The van der Waals surface area contributed by atoms with Gasteiger partial charge in [-0.25, -0.2) is 0 Å². The second-order valence-electron chi connectivity index (χ2n) is 5.22. The first kappa shape index (κ1) is 14.3. The number of anilines is 1. The summed E-state index contributed by atoms with van der Waals surface area (Å²) in [5, 5.41) is 0. The number of hydrogen-bond acceptors (Lipinski definition) is 3. The van der Waals surface area contributed by atoms with Gasteiger partial charge >= 0.3 is 0 Å². The molecule has 1 fully saturated rings. The number of nitrogen functional groups attached to an aromatic ring is 1. The summed E-state index contributed by atoms with van der Waals surface area (Å²) in [6, 6.07) is 5.88. The fourth-order valence-electron chi connectivity index (χ4n) is 2.45. The van der Waals surface area contributed by atoms with Crippen molar-refractivity contribution in [2.75, 3.05) is 32.9 Å². The Balaban J connectivity index is 2.17. The molecule has 1 aromatic rings. The molecule has 1 aliphatic heterocycles. The largest absolute Gasteiger partial charge is 0.398 e. The minimum atomic E-state index is 0.0609. The highest BCUT2D eigenvalue weighted by Crippen LogP contribution is 2.26. The van der Waals surface area contributed by atoms with Crippen LogP contribution in [0.2, 0.25) is 0 Å². The topological polar surface area (TPSA) is 49.6 Å². The minimum Gasteiger partial charge on any atom is -0.398 e. The zero-order valence-corrected chi connectivity index (χ0v) is 13.0. The van der Waals surface area contributed by atoms with E-state index in [-0.39, 0.29) is 5.91 Å². The third-order valence-electron chi connectivity index (χ3n) is 3.67. The number of likely N-dealkylation sites (tertiary alicyclic amines) is 1. The Labute approximate surface area is 122 Å². The van der Waals surface area contributed by atoms with Gasteiger partial charge in [-0.05, 0) is 55.0 Å². The zero-order valence-electron chi connectivity index (χ0n) is 11.4. The lowest BCUT2D eigenvalue weighted by Crippen LogP contribution is -2.47. The number of nitrogens with zero attached hydrogens (tertiary/aromatic N) is 2. The van der Waals surface area contributed by atoms with Crippen LogP contribution in [0.4, 0.5) is 5.69 Å². The lowest BCUT2D eigenvalue weighted by atomic mass is 10.0. The molecule has 0 aliphatic carbocycles. The van der Waals surface area contributed by atoms with Crippen molar-refractivity contribution in [2.45, 2.75) is 18.9 Å². The second-order valence-corrected chi connectivity index (χ2v) is 6.01. The Kier molecular flexibility index (Phi) is 4.47. The summed E-state index contributed by atoms with van der Waals surface area (Å²) in [7, 11) is 4.13. The smallest absolute Gasteiger partial charge is 0.255 e. The van der Waals surface area contributed by atoms with Gasteiger partial charge in [0.2, 0.25) is 0 Å². The molecule has 1 heterocycles. The number of nitrogens with two attached hydrogens (primary N) is 1. The lowest BCUT2D eigenvalue weighted by Gasteiger charge is -2.36. The first-order chi connectivity index (χ1) is 9.00. The van der Waals surface area contributed by atoms with Crippen molar-refractivity contribution in [3.8, 4) is 0 Å². The number of benzene rings is 1. The normalized spacial score (nSPS) is 19.8. The Morgan fingerprint density at radius 3 is 2.89 bits per heavy atom. The van der Waals surface area contributed by atoms with Crippen LogP contribution < -0.4 is 5.73 Å². The van der Waals surface area contributed by atoms with Gasteiger partial charge in [0.05, 0.1) is 10.0 Å². The highest BCUT2D eigenvalue weighted by Gasteiger charge is 2.26. The summed E-state index contributed by atoms with van der Waals surface area (Å²) in [6.07, 6.45) is 2.20. The maximum Gasteiger partial charge on any atom is 0.255 e. The first-order valence-electron chi connectivity index (χ1n) is 6.50. The number of carbonyl (C=O) groups excluding carboxylic acids is 1. The molecule has 1 aromatic carbocycles. The molecule has 5 heteroatoms. The van der Waals surface area contributed by atoms with E-state index in [1.807, 2.05) is 17.0 Å². The Bertz CT molecular complexity index is 476. The minimum absolute atomic E-state index is 0.0609. The molecule has 0 aromatic heterocycles. The van der Waals surface area contributed by atoms with E-state index < -0.39 is 0 Å². The summed E-state index contributed by atoms with van der Waals surface area (Å²) < 4.78 is 0.701. The van der Waals surface area contributed by atoms with Crippen LogP contribution in [0.3, 0.4) is 0 Å². The number of rotatable bonds is 2. The molecule has 0 spiro atoms. The van der Waals surface area contributed by atoms with Crippen molar-refractivity contribution in [1.82, 2.24) is 9.80 Å². The summed E-state index contributed by atoms with van der Waals surface area (Å²) >= 11 is 3.41. The average molecular weight is 326 g/mol. The standard InChI is InChI=1S/C14H20BrN3O/c1-17(2)10-5-4-8-18(9-10)14(19)11-6-3-7-12(16)13(11)15/h3,6-7,10H,4-5,8-9,16H2,1-2H3. The molecule has 104 valence electrons. The predicted molar refractivity (Wildman–Crippen MR) is 81.2 cm³/mol. The quantitative estimate of drug-likeness (QED) is 0.848. The van der Waals surface area contributed by atoms with Gasteiger partial charge in [0.25, 0.3) is 5.91 Å². The van der Waals surface area contributed by atoms with E-state index in [1.165, 1.54) is 0 Å². The van der Waals surface area contributed by atoms with E-state index in [0.717, 1.165) is 25.9 Å². The van der Waals surface area contributed by atoms with Crippen LogP contribution in [0, 0.1) is 0 Å². The maximum atomic E-state index is 12.6.